The van der Waals surface area contributed by atoms with E-state index in [0.29, 0.717) is 5.92 Å². The smallest absolute Gasteiger partial charge is 0.125 e. The van der Waals surface area contributed by atoms with Crippen LogP contribution in [-0.4, -0.2) is 9.97 Å². The lowest BCUT2D eigenvalue weighted by atomic mass is 10.0. The highest BCUT2D eigenvalue weighted by molar-refractivity contribution is 5.32. The summed E-state index contributed by atoms with van der Waals surface area (Å²) < 4.78 is 0. The van der Waals surface area contributed by atoms with E-state index in [0.717, 1.165) is 12.2 Å². The van der Waals surface area contributed by atoms with E-state index in [9.17, 15) is 0 Å². The maximum absolute atomic E-state index is 4.45. The van der Waals surface area contributed by atoms with Gasteiger partial charge in [-0.25, -0.2) is 9.97 Å². The van der Waals surface area contributed by atoms with Crippen LogP contribution in [0.5, 0.6) is 0 Å². The second kappa shape index (κ2) is 2.54. The average molecular weight is 162 g/mol. The Labute approximate surface area is 73.1 Å². The minimum atomic E-state index is 0.667. The van der Waals surface area contributed by atoms with Crippen LogP contribution in [0.15, 0.2) is 0 Å². The monoisotopic (exact) mass is 162 g/mol. The molecule has 1 aliphatic carbocycles. The summed E-state index contributed by atoms with van der Waals surface area (Å²) in [4.78, 5) is 8.84. The summed E-state index contributed by atoms with van der Waals surface area (Å²) in [6.07, 6.45) is 2.38. The molecule has 0 N–H and O–H groups in total. The van der Waals surface area contributed by atoms with Gasteiger partial charge < -0.3 is 0 Å². The van der Waals surface area contributed by atoms with Crippen molar-refractivity contribution in [2.45, 2.75) is 39.5 Å². The summed E-state index contributed by atoms with van der Waals surface area (Å²) in [5.74, 6) is 1.58. The van der Waals surface area contributed by atoms with Crippen LogP contribution in [0, 0.1) is 13.8 Å². The molecule has 0 bridgehead atoms. The highest BCUT2D eigenvalue weighted by atomic mass is 14.9. The number of aryl methyl sites for hydroxylation is 3. The minimum absolute atomic E-state index is 0.667. The summed E-state index contributed by atoms with van der Waals surface area (Å²) in [5, 5.41) is 0. The van der Waals surface area contributed by atoms with Crippen LogP contribution in [0.1, 0.15) is 42.0 Å². The van der Waals surface area contributed by atoms with Gasteiger partial charge in [-0.2, -0.15) is 0 Å². The van der Waals surface area contributed by atoms with E-state index in [1.807, 2.05) is 6.92 Å². The van der Waals surface area contributed by atoms with Crippen molar-refractivity contribution in [2.24, 2.45) is 0 Å². The molecule has 0 amide bonds. The van der Waals surface area contributed by atoms with Gasteiger partial charge in [0.05, 0.1) is 0 Å². The van der Waals surface area contributed by atoms with Crippen molar-refractivity contribution in [2.75, 3.05) is 0 Å². The first-order chi connectivity index (χ1) is 5.68. The number of nitrogens with zero attached hydrogens (tertiary/aromatic N) is 2. The van der Waals surface area contributed by atoms with Gasteiger partial charge in [-0.1, -0.05) is 6.92 Å². The third-order valence-corrected chi connectivity index (χ3v) is 2.63. The predicted octanol–water partition coefficient (Wildman–Crippen LogP) is 2.14. The topological polar surface area (TPSA) is 25.8 Å². The first-order valence-corrected chi connectivity index (χ1v) is 4.52. The van der Waals surface area contributed by atoms with Crippen molar-refractivity contribution < 1.29 is 0 Å². The molecule has 1 heterocycles. The molecule has 0 saturated heterocycles. The van der Waals surface area contributed by atoms with Crippen molar-refractivity contribution in [1.82, 2.24) is 9.97 Å². The van der Waals surface area contributed by atoms with Gasteiger partial charge in [-0.3, -0.25) is 0 Å². The van der Waals surface area contributed by atoms with Gasteiger partial charge in [0.2, 0.25) is 0 Å². The van der Waals surface area contributed by atoms with Crippen molar-refractivity contribution in [3.05, 3.63) is 22.8 Å². The van der Waals surface area contributed by atoms with Gasteiger partial charge in [0.1, 0.15) is 5.82 Å². The molecule has 0 aromatic carbocycles. The Morgan fingerprint density at radius 3 is 2.75 bits per heavy atom. The van der Waals surface area contributed by atoms with E-state index in [-0.39, 0.29) is 0 Å². The van der Waals surface area contributed by atoms with Crippen LogP contribution in [0.4, 0.5) is 0 Å². The number of aromatic nitrogens is 2. The summed E-state index contributed by atoms with van der Waals surface area (Å²) in [6.45, 7) is 6.32. The zero-order valence-corrected chi connectivity index (χ0v) is 7.89. The lowest BCUT2D eigenvalue weighted by molar-refractivity contribution is 0.740. The second-order valence-corrected chi connectivity index (χ2v) is 3.66. The Balaban J connectivity index is 2.60. The van der Waals surface area contributed by atoms with Crippen LogP contribution in [-0.2, 0) is 6.42 Å². The Hall–Kier alpha value is -0.920. The molecule has 0 radical (unpaired) electrons. The first-order valence-electron chi connectivity index (χ1n) is 4.52. The molecule has 64 valence electrons. The van der Waals surface area contributed by atoms with E-state index in [2.05, 4.69) is 23.8 Å². The Kier molecular flexibility index (Phi) is 1.63. The van der Waals surface area contributed by atoms with Crippen LogP contribution in [0.25, 0.3) is 0 Å². The number of rotatable bonds is 0. The zero-order chi connectivity index (χ0) is 8.72. The fraction of sp³-hybridized carbons (Fsp3) is 0.600. The molecule has 1 aliphatic rings. The third-order valence-electron chi connectivity index (χ3n) is 2.63. The normalized spacial score (nSPS) is 21.1. The van der Waals surface area contributed by atoms with Gasteiger partial charge in [-0.15, -0.1) is 0 Å². The van der Waals surface area contributed by atoms with Crippen molar-refractivity contribution in [3.8, 4) is 0 Å². The van der Waals surface area contributed by atoms with Crippen molar-refractivity contribution >= 4 is 0 Å². The molecule has 0 spiro atoms. The van der Waals surface area contributed by atoms with Gasteiger partial charge in [0, 0.05) is 11.4 Å². The maximum atomic E-state index is 4.45. The van der Waals surface area contributed by atoms with Gasteiger partial charge in [0.25, 0.3) is 0 Å². The molecule has 1 aromatic rings. The highest BCUT2D eigenvalue weighted by Gasteiger charge is 2.22. The molecule has 2 nitrogen and oxygen atoms in total. The van der Waals surface area contributed by atoms with Gasteiger partial charge in [0.15, 0.2) is 0 Å². The summed E-state index contributed by atoms with van der Waals surface area (Å²) in [6, 6.07) is 0. The molecular formula is C10H14N2. The van der Waals surface area contributed by atoms with Crippen LogP contribution < -0.4 is 0 Å². The van der Waals surface area contributed by atoms with Crippen LogP contribution >= 0.6 is 0 Å². The standard InChI is InChI=1S/C10H14N2/c1-6-4-5-9-10(6)7(2)11-8(3)12-9/h6H,4-5H2,1-3H3. The molecule has 12 heavy (non-hydrogen) atoms. The number of hydrogen-bond donors (Lipinski definition) is 0. The lowest BCUT2D eigenvalue weighted by Crippen LogP contribution is -2.00. The summed E-state index contributed by atoms with van der Waals surface area (Å²) in [5.41, 5.74) is 3.87. The van der Waals surface area contributed by atoms with E-state index in [1.54, 1.807) is 0 Å². The predicted molar refractivity (Wildman–Crippen MR) is 48.2 cm³/mol. The lowest BCUT2D eigenvalue weighted by Gasteiger charge is -2.07. The molecule has 2 heteroatoms. The number of hydrogen-bond acceptors (Lipinski definition) is 2. The molecule has 2 rings (SSSR count). The zero-order valence-electron chi connectivity index (χ0n) is 7.89. The molecule has 0 fully saturated rings. The van der Waals surface area contributed by atoms with E-state index < -0.39 is 0 Å². The Bertz CT molecular complexity index is 318. The van der Waals surface area contributed by atoms with Gasteiger partial charge in [-0.05, 0) is 38.2 Å². The fourth-order valence-corrected chi connectivity index (χ4v) is 2.12. The Morgan fingerprint density at radius 2 is 2.00 bits per heavy atom. The molecule has 1 aromatic heterocycles. The van der Waals surface area contributed by atoms with Crippen LogP contribution in [0.3, 0.4) is 0 Å². The van der Waals surface area contributed by atoms with Crippen LogP contribution in [0.2, 0.25) is 0 Å². The minimum Gasteiger partial charge on any atom is -0.238 e. The van der Waals surface area contributed by atoms with E-state index >= 15 is 0 Å². The van der Waals surface area contributed by atoms with Crippen molar-refractivity contribution in [1.29, 1.82) is 0 Å². The quantitative estimate of drug-likeness (QED) is 0.584. The molecule has 1 unspecified atom stereocenters. The molecule has 0 aliphatic heterocycles. The largest absolute Gasteiger partial charge is 0.238 e. The third kappa shape index (κ3) is 1.02. The molecule has 0 saturated carbocycles. The maximum Gasteiger partial charge on any atom is 0.125 e. The number of fused-ring (bicyclic) bond motifs is 1. The Morgan fingerprint density at radius 1 is 1.25 bits per heavy atom. The molecule has 1 atom stereocenters. The van der Waals surface area contributed by atoms with Crippen molar-refractivity contribution in [3.63, 3.8) is 0 Å². The van der Waals surface area contributed by atoms with E-state index in [1.165, 1.54) is 23.4 Å². The highest BCUT2D eigenvalue weighted by Crippen LogP contribution is 2.32. The first kappa shape index (κ1) is 7.71. The van der Waals surface area contributed by atoms with Gasteiger partial charge >= 0.3 is 0 Å². The second-order valence-electron chi connectivity index (χ2n) is 3.66. The SMILES string of the molecule is Cc1nc(C)c2c(n1)CCC2C. The molecular weight excluding hydrogens is 148 g/mol. The fourth-order valence-electron chi connectivity index (χ4n) is 2.12. The average Bonchev–Trinajstić information content (AvgIpc) is 2.31. The van der Waals surface area contributed by atoms with E-state index in [4.69, 9.17) is 0 Å². The summed E-state index contributed by atoms with van der Waals surface area (Å²) in [7, 11) is 0. The summed E-state index contributed by atoms with van der Waals surface area (Å²) >= 11 is 0.